The van der Waals surface area contributed by atoms with Gasteiger partial charge in [0.05, 0.1) is 15.6 Å². The number of non-ortho nitro benzene ring substituents is 1. The second-order valence-electron chi connectivity index (χ2n) is 6.05. The van der Waals surface area contributed by atoms with Crippen LogP contribution >= 0.6 is 22.6 Å². The monoisotopic (exact) mass is 523 g/mol. The number of imide groups is 2. The molecule has 2 N–H and O–H groups in total. The van der Waals surface area contributed by atoms with Crippen molar-refractivity contribution in [1.82, 2.24) is 10.6 Å². The zero-order chi connectivity index (χ0) is 21.8. The van der Waals surface area contributed by atoms with E-state index in [4.69, 9.17) is 9.47 Å². The summed E-state index contributed by atoms with van der Waals surface area (Å²) in [6.45, 7) is 0.0708. The predicted molar refractivity (Wildman–Crippen MR) is 113 cm³/mol. The van der Waals surface area contributed by atoms with E-state index in [1.54, 1.807) is 24.3 Å². The molecule has 1 fully saturated rings. The maximum absolute atomic E-state index is 11.9. The van der Waals surface area contributed by atoms with Crippen LogP contribution in [0.2, 0.25) is 0 Å². The van der Waals surface area contributed by atoms with E-state index >= 15 is 0 Å². The number of hydrogen-bond acceptors (Lipinski definition) is 7. The molecule has 4 amide bonds. The van der Waals surface area contributed by atoms with Crippen molar-refractivity contribution < 1.29 is 28.8 Å². The number of carbonyl (C=O) groups excluding carboxylic acids is 3. The number of nitro groups is 1. The number of amides is 4. The van der Waals surface area contributed by atoms with E-state index in [1.165, 1.54) is 25.3 Å². The third-order valence-electron chi connectivity index (χ3n) is 4.01. The summed E-state index contributed by atoms with van der Waals surface area (Å²) < 4.78 is 11.8. The van der Waals surface area contributed by atoms with Gasteiger partial charge in [0, 0.05) is 12.1 Å². The van der Waals surface area contributed by atoms with Crippen LogP contribution in [0.5, 0.6) is 11.5 Å². The second kappa shape index (κ2) is 8.90. The zero-order valence-corrected chi connectivity index (χ0v) is 17.6. The molecule has 0 bridgehead atoms. The molecule has 3 rings (SSSR count). The topological polar surface area (TPSA) is 137 Å². The van der Waals surface area contributed by atoms with Gasteiger partial charge in [-0.15, -0.1) is 0 Å². The molecule has 1 heterocycles. The number of nitrogens with one attached hydrogen (secondary N) is 2. The fourth-order valence-electron chi connectivity index (χ4n) is 2.65. The highest BCUT2D eigenvalue weighted by molar-refractivity contribution is 14.1. The zero-order valence-electron chi connectivity index (χ0n) is 15.4. The molecule has 1 saturated heterocycles. The smallest absolute Gasteiger partial charge is 0.328 e. The Bertz CT molecular complexity index is 1080. The van der Waals surface area contributed by atoms with Crippen LogP contribution in [0.4, 0.5) is 10.5 Å². The highest BCUT2D eigenvalue weighted by Gasteiger charge is 2.28. The highest BCUT2D eigenvalue weighted by Crippen LogP contribution is 2.35. The number of barbiturate groups is 1. The van der Waals surface area contributed by atoms with Gasteiger partial charge in [-0.25, -0.2) is 4.79 Å². The van der Waals surface area contributed by atoms with E-state index in [-0.39, 0.29) is 17.9 Å². The standard InChI is InChI=1S/C19H14IN3O7/c1-29-15-8-11(6-13-17(24)21-19(26)22-18(13)25)7-14(20)16(15)30-9-10-3-2-4-12(5-10)23(27)28/h2-8H,9H2,1H3,(H2,21,22,24,25,26). The lowest BCUT2D eigenvalue weighted by Gasteiger charge is -2.16. The maximum atomic E-state index is 11.9. The number of urea groups is 1. The van der Waals surface area contributed by atoms with Gasteiger partial charge in [0.25, 0.3) is 17.5 Å². The molecule has 0 radical (unpaired) electrons. The fraction of sp³-hybridized carbons (Fsp3) is 0.105. The molecule has 154 valence electrons. The van der Waals surface area contributed by atoms with Crippen LogP contribution in [-0.4, -0.2) is 29.9 Å². The maximum Gasteiger partial charge on any atom is 0.328 e. The Morgan fingerprint density at radius 1 is 1.13 bits per heavy atom. The van der Waals surface area contributed by atoms with Crippen molar-refractivity contribution >= 4 is 52.2 Å². The number of halogens is 1. The third kappa shape index (κ3) is 4.74. The molecule has 2 aromatic rings. The van der Waals surface area contributed by atoms with Crippen molar-refractivity contribution in [2.45, 2.75) is 6.61 Å². The van der Waals surface area contributed by atoms with Gasteiger partial charge in [0.2, 0.25) is 0 Å². The number of rotatable bonds is 6. The molecule has 0 unspecified atom stereocenters. The summed E-state index contributed by atoms with van der Waals surface area (Å²) >= 11 is 2.01. The van der Waals surface area contributed by atoms with Gasteiger partial charge < -0.3 is 9.47 Å². The predicted octanol–water partition coefficient (Wildman–Crippen LogP) is 2.54. The molecule has 1 aliphatic rings. The number of ether oxygens (including phenoxy) is 2. The van der Waals surface area contributed by atoms with Gasteiger partial charge in [0.1, 0.15) is 12.2 Å². The molecule has 0 atom stereocenters. The molecule has 30 heavy (non-hydrogen) atoms. The number of carbonyl (C=O) groups is 3. The van der Waals surface area contributed by atoms with Gasteiger partial charge in [-0.1, -0.05) is 12.1 Å². The molecular formula is C19H14IN3O7. The average Bonchev–Trinajstić information content (AvgIpc) is 2.69. The number of hydrogen-bond donors (Lipinski definition) is 2. The number of nitrogens with zero attached hydrogens (tertiary/aromatic N) is 1. The number of nitro benzene ring substituents is 1. The van der Waals surface area contributed by atoms with E-state index in [9.17, 15) is 24.5 Å². The molecule has 0 aromatic heterocycles. The first-order chi connectivity index (χ1) is 14.3. The Morgan fingerprint density at radius 3 is 2.47 bits per heavy atom. The van der Waals surface area contributed by atoms with E-state index in [2.05, 4.69) is 0 Å². The average molecular weight is 523 g/mol. The normalized spacial score (nSPS) is 13.4. The highest BCUT2D eigenvalue weighted by atomic mass is 127. The van der Waals surface area contributed by atoms with Gasteiger partial charge in [0.15, 0.2) is 11.5 Å². The van der Waals surface area contributed by atoms with E-state index < -0.39 is 22.8 Å². The van der Waals surface area contributed by atoms with Crippen LogP contribution in [0.3, 0.4) is 0 Å². The number of benzene rings is 2. The molecule has 1 aliphatic heterocycles. The van der Waals surface area contributed by atoms with Crippen molar-refractivity contribution in [1.29, 1.82) is 0 Å². The van der Waals surface area contributed by atoms with Gasteiger partial charge in [-0.2, -0.15) is 0 Å². The van der Waals surface area contributed by atoms with Crippen molar-refractivity contribution in [3.63, 3.8) is 0 Å². The third-order valence-corrected chi connectivity index (χ3v) is 4.81. The Balaban J connectivity index is 1.86. The van der Waals surface area contributed by atoms with E-state index in [0.717, 1.165) is 0 Å². The molecule has 0 saturated carbocycles. The summed E-state index contributed by atoms with van der Waals surface area (Å²) in [4.78, 5) is 45.4. The lowest BCUT2D eigenvalue weighted by Crippen LogP contribution is -2.51. The first-order valence-corrected chi connectivity index (χ1v) is 9.48. The van der Waals surface area contributed by atoms with Crippen molar-refractivity contribution in [2.75, 3.05) is 7.11 Å². The SMILES string of the molecule is COc1cc(C=C2C(=O)NC(=O)NC2=O)cc(I)c1OCc1cccc([N+](=O)[O-])c1. The summed E-state index contributed by atoms with van der Waals surface area (Å²) in [5, 5.41) is 14.9. The molecule has 2 aromatic carbocycles. The fourth-order valence-corrected chi connectivity index (χ4v) is 3.43. The van der Waals surface area contributed by atoms with Gasteiger partial charge in [-0.3, -0.25) is 30.3 Å². The largest absolute Gasteiger partial charge is 0.493 e. The second-order valence-corrected chi connectivity index (χ2v) is 7.21. The van der Waals surface area contributed by atoms with Crippen LogP contribution in [0, 0.1) is 13.7 Å². The van der Waals surface area contributed by atoms with Gasteiger partial charge in [-0.05, 0) is 51.9 Å². The molecule has 0 spiro atoms. The number of methoxy groups -OCH3 is 1. The molecule has 0 aliphatic carbocycles. The Morgan fingerprint density at radius 2 is 1.83 bits per heavy atom. The van der Waals surface area contributed by atoms with Crippen LogP contribution in [0.15, 0.2) is 42.0 Å². The van der Waals surface area contributed by atoms with Crippen LogP contribution in [0.25, 0.3) is 6.08 Å². The Labute approximate surface area is 183 Å². The summed E-state index contributed by atoms with van der Waals surface area (Å²) in [5.74, 6) is -0.862. The lowest BCUT2D eigenvalue weighted by atomic mass is 10.1. The summed E-state index contributed by atoms with van der Waals surface area (Å²) in [6, 6.07) is 8.43. The first kappa shape index (κ1) is 21.2. The Hall–Kier alpha value is -3.48. The summed E-state index contributed by atoms with van der Waals surface area (Å²) in [7, 11) is 1.43. The van der Waals surface area contributed by atoms with Crippen LogP contribution in [-0.2, 0) is 16.2 Å². The van der Waals surface area contributed by atoms with E-state index in [1.807, 2.05) is 33.2 Å². The van der Waals surface area contributed by atoms with Crippen LogP contribution < -0.4 is 20.1 Å². The van der Waals surface area contributed by atoms with Crippen molar-refractivity contribution in [2.24, 2.45) is 0 Å². The molecule has 10 nitrogen and oxygen atoms in total. The van der Waals surface area contributed by atoms with Gasteiger partial charge >= 0.3 is 6.03 Å². The first-order valence-electron chi connectivity index (χ1n) is 8.40. The van der Waals surface area contributed by atoms with Crippen LogP contribution in [0.1, 0.15) is 11.1 Å². The summed E-state index contributed by atoms with van der Waals surface area (Å²) in [6.07, 6.45) is 1.33. The molecule has 11 heteroatoms. The quantitative estimate of drug-likeness (QED) is 0.195. The van der Waals surface area contributed by atoms with E-state index in [0.29, 0.717) is 26.2 Å². The van der Waals surface area contributed by atoms with Crippen molar-refractivity contribution in [3.8, 4) is 11.5 Å². The lowest BCUT2D eigenvalue weighted by molar-refractivity contribution is -0.384. The minimum absolute atomic E-state index is 0.0396. The summed E-state index contributed by atoms with van der Waals surface area (Å²) in [5.41, 5.74) is 0.821. The minimum atomic E-state index is -0.876. The molecular weight excluding hydrogens is 509 g/mol. The Kier molecular flexibility index (Phi) is 6.30. The minimum Gasteiger partial charge on any atom is -0.493 e. The van der Waals surface area contributed by atoms with Crippen molar-refractivity contribution in [3.05, 3.63) is 66.8 Å².